The summed E-state index contributed by atoms with van der Waals surface area (Å²) >= 11 is 0. The van der Waals surface area contributed by atoms with Gasteiger partial charge in [-0.2, -0.15) is 0 Å². The molecule has 7 heteroatoms. The fourth-order valence-electron chi connectivity index (χ4n) is 2.89. The topological polar surface area (TPSA) is 38.3 Å². The predicted molar refractivity (Wildman–Crippen MR) is 107 cm³/mol. The fraction of sp³-hybridized carbons (Fsp3) is 0. The Morgan fingerprint density at radius 2 is 1.21 bits per heavy atom. The SMILES string of the molecule is O=P1(Nc2ccc(F)c(F)c2F)C=C(c2ccccc2)OC(c2ccccc2)=C1. The summed E-state index contributed by atoms with van der Waals surface area (Å²) < 4.78 is 60.6. The molecular weight excluding hydrogens is 398 g/mol. The largest absolute Gasteiger partial charge is 0.456 e. The smallest absolute Gasteiger partial charge is 0.220 e. The minimum Gasteiger partial charge on any atom is -0.456 e. The molecule has 0 fully saturated rings. The van der Waals surface area contributed by atoms with Gasteiger partial charge in [-0.1, -0.05) is 60.7 Å². The summed E-state index contributed by atoms with van der Waals surface area (Å²) in [5.74, 6) is -1.08. The second-order valence-electron chi connectivity index (χ2n) is 6.36. The molecule has 146 valence electrons. The number of ether oxygens (including phenoxy) is 1. The summed E-state index contributed by atoms with van der Waals surface area (Å²) in [6.45, 7) is 0. The van der Waals surface area contributed by atoms with Gasteiger partial charge in [-0.25, -0.2) is 13.2 Å². The summed E-state index contributed by atoms with van der Waals surface area (Å²) in [5.41, 5.74) is 0.935. The molecule has 1 aliphatic heterocycles. The molecule has 4 rings (SSSR count). The Bertz CT molecular complexity index is 1100. The highest BCUT2D eigenvalue weighted by molar-refractivity contribution is 7.72. The molecule has 0 radical (unpaired) electrons. The molecule has 0 bridgehead atoms. The van der Waals surface area contributed by atoms with Crippen molar-refractivity contribution in [3.63, 3.8) is 0 Å². The molecule has 3 aromatic carbocycles. The number of hydrogen-bond donors (Lipinski definition) is 1. The maximum absolute atomic E-state index is 14.2. The van der Waals surface area contributed by atoms with Gasteiger partial charge in [0.2, 0.25) is 7.29 Å². The lowest BCUT2D eigenvalue weighted by atomic mass is 10.2. The highest BCUT2D eigenvalue weighted by Crippen LogP contribution is 2.56. The fourth-order valence-corrected chi connectivity index (χ4v) is 4.75. The Labute approximate surface area is 165 Å². The van der Waals surface area contributed by atoms with Gasteiger partial charge >= 0.3 is 0 Å². The van der Waals surface area contributed by atoms with Crippen LogP contribution < -0.4 is 5.09 Å². The predicted octanol–water partition coefficient (Wildman–Crippen LogP) is 6.82. The number of benzene rings is 3. The molecule has 0 unspecified atom stereocenters. The molecule has 1 heterocycles. The number of halogens is 3. The first-order valence-corrected chi connectivity index (χ1v) is 10.6. The van der Waals surface area contributed by atoms with Crippen molar-refractivity contribution in [2.45, 2.75) is 0 Å². The third kappa shape index (κ3) is 3.98. The van der Waals surface area contributed by atoms with Gasteiger partial charge in [-0.15, -0.1) is 0 Å². The molecule has 0 aromatic heterocycles. The molecule has 0 amide bonds. The number of hydrogen-bond acceptors (Lipinski definition) is 2. The Balaban J connectivity index is 1.80. The van der Waals surface area contributed by atoms with Crippen LogP contribution in [0.15, 0.2) is 84.4 Å². The molecule has 3 nitrogen and oxygen atoms in total. The first-order chi connectivity index (χ1) is 14.0. The Kier molecular flexibility index (Phi) is 5.03. The summed E-state index contributed by atoms with van der Waals surface area (Å²) in [7, 11) is -3.57. The molecule has 3 aromatic rings. The van der Waals surface area contributed by atoms with Gasteiger partial charge in [0.05, 0.1) is 5.69 Å². The summed E-state index contributed by atoms with van der Waals surface area (Å²) in [4.78, 5) is 0. The van der Waals surface area contributed by atoms with E-state index in [1.807, 2.05) is 12.1 Å². The molecular formula is C22H15F3NO2P. The zero-order valence-corrected chi connectivity index (χ0v) is 15.9. The standard InChI is InChI=1S/C22H15F3NO2P/c23-17-11-12-18(22(25)21(17)24)26-29(27)13-19(15-7-3-1-4-8-15)28-20(14-29)16-9-5-2-6-10-16/h1-14H,(H,26,27). The highest BCUT2D eigenvalue weighted by atomic mass is 31.2. The average Bonchev–Trinajstić information content (AvgIpc) is 2.75. The van der Waals surface area contributed by atoms with Gasteiger partial charge in [-0.05, 0) is 12.1 Å². The van der Waals surface area contributed by atoms with E-state index in [0.29, 0.717) is 22.6 Å². The Hall–Kier alpha value is -3.24. The molecule has 0 aliphatic carbocycles. The van der Waals surface area contributed by atoms with E-state index in [2.05, 4.69) is 5.09 Å². The van der Waals surface area contributed by atoms with Crippen molar-refractivity contribution in [1.82, 2.24) is 0 Å². The van der Waals surface area contributed by atoms with Crippen molar-refractivity contribution in [3.8, 4) is 0 Å². The Morgan fingerprint density at radius 3 is 1.72 bits per heavy atom. The van der Waals surface area contributed by atoms with E-state index < -0.39 is 30.4 Å². The molecule has 29 heavy (non-hydrogen) atoms. The van der Waals surface area contributed by atoms with Crippen molar-refractivity contribution in [3.05, 3.63) is 113 Å². The van der Waals surface area contributed by atoms with Gasteiger partial charge < -0.3 is 9.82 Å². The normalized spacial score (nSPS) is 15.1. The van der Waals surface area contributed by atoms with Crippen LogP contribution in [0, 0.1) is 17.5 Å². The maximum Gasteiger partial charge on any atom is 0.220 e. The van der Waals surface area contributed by atoms with E-state index in [0.717, 1.165) is 12.1 Å². The second kappa shape index (κ2) is 7.64. The minimum absolute atomic E-state index is 0.311. The highest BCUT2D eigenvalue weighted by Gasteiger charge is 2.28. The number of nitrogens with one attached hydrogen (secondary N) is 1. The van der Waals surface area contributed by atoms with Gasteiger partial charge in [0.15, 0.2) is 17.5 Å². The lowest BCUT2D eigenvalue weighted by Gasteiger charge is -2.24. The molecule has 0 spiro atoms. The van der Waals surface area contributed by atoms with E-state index in [4.69, 9.17) is 4.74 Å². The van der Waals surface area contributed by atoms with Crippen molar-refractivity contribution in [2.75, 3.05) is 5.09 Å². The van der Waals surface area contributed by atoms with E-state index in [1.165, 1.54) is 11.6 Å². The summed E-state index contributed by atoms with van der Waals surface area (Å²) in [6.07, 6.45) is 0. The first-order valence-electron chi connectivity index (χ1n) is 8.71. The zero-order chi connectivity index (χ0) is 20.4. The van der Waals surface area contributed by atoms with E-state index in [1.54, 1.807) is 48.5 Å². The molecule has 0 saturated heterocycles. The van der Waals surface area contributed by atoms with Crippen molar-refractivity contribution in [2.24, 2.45) is 0 Å². The van der Waals surface area contributed by atoms with E-state index in [9.17, 15) is 17.7 Å². The van der Waals surface area contributed by atoms with Crippen LogP contribution >= 0.6 is 7.29 Å². The van der Waals surface area contributed by atoms with Gasteiger partial charge in [-0.3, -0.25) is 4.57 Å². The van der Waals surface area contributed by atoms with Crippen molar-refractivity contribution < 1.29 is 22.5 Å². The first kappa shape index (κ1) is 19.1. The zero-order valence-electron chi connectivity index (χ0n) is 15.0. The number of anilines is 1. The van der Waals surface area contributed by atoms with E-state index in [-0.39, 0.29) is 0 Å². The lowest BCUT2D eigenvalue weighted by Crippen LogP contribution is -2.05. The van der Waals surface area contributed by atoms with Crippen LogP contribution in [0.4, 0.5) is 18.9 Å². The van der Waals surface area contributed by atoms with Crippen LogP contribution in [0.25, 0.3) is 11.5 Å². The Morgan fingerprint density at radius 1 is 0.690 bits per heavy atom. The van der Waals surface area contributed by atoms with Gasteiger partial charge in [0.1, 0.15) is 11.5 Å². The molecule has 0 atom stereocenters. The van der Waals surface area contributed by atoms with Crippen molar-refractivity contribution >= 4 is 24.5 Å². The van der Waals surface area contributed by atoms with Crippen LogP contribution in [0.5, 0.6) is 0 Å². The average molecular weight is 413 g/mol. The van der Waals surface area contributed by atoms with Crippen LogP contribution in [-0.4, -0.2) is 0 Å². The quantitative estimate of drug-likeness (QED) is 0.377. The number of rotatable bonds is 4. The van der Waals surface area contributed by atoms with Crippen LogP contribution in [-0.2, 0) is 9.30 Å². The van der Waals surface area contributed by atoms with E-state index >= 15 is 0 Å². The lowest BCUT2D eigenvalue weighted by molar-refractivity contribution is 0.449. The van der Waals surface area contributed by atoms with Crippen LogP contribution in [0.1, 0.15) is 11.1 Å². The van der Waals surface area contributed by atoms with Gasteiger partial charge in [0.25, 0.3) is 0 Å². The van der Waals surface area contributed by atoms with Crippen LogP contribution in [0.2, 0.25) is 0 Å². The van der Waals surface area contributed by atoms with Crippen LogP contribution in [0.3, 0.4) is 0 Å². The molecule has 1 aliphatic rings. The summed E-state index contributed by atoms with van der Waals surface area (Å²) in [6, 6.07) is 19.8. The molecule has 1 N–H and O–H groups in total. The second-order valence-corrected chi connectivity index (χ2v) is 8.52. The third-order valence-corrected chi connectivity index (χ3v) is 6.11. The minimum atomic E-state index is -3.57. The van der Waals surface area contributed by atoms with Gasteiger partial charge in [0, 0.05) is 22.8 Å². The maximum atomic E-state index is 14.2. The van der Waals surface area contributed by atoms with Crippen molar-refractivity contribution in [1.29, 1.82) is 0 Å². The monoisotopic (exact) mass is 413 g/mol. The summed E-state index contributed by atoms with van der Waals surface area (Å²) in [5, 5.41) is 2.53. The third-order valence-electron chi connectivity index (χ3n) is 4.28. The molecule has 0 saturated carbocycles.